The van der Waals surface area contributed by atoms with Gasteiger partial charge in [-0.05, 0) is 43.2 Å². The molecule has 2 unspecified atom stereocenters. The number of aliphatic hydroxyl groups is 1. The third-order valence-electron chi connectivity index (χ3n) is 4.15. The van der Waals surface area contributed by atoms with E-state index in [9.17, 15) is 5.11 Å². The molecule has 1 saturated carbocycles. The van der Waals surface area contributed by atoms with Gasteiger partial charge in [-0.3, -0.25) is 0 Å². The van der Waals surface area contributed by atoms with Gasteiger partial charge < -0.3 is 9.84 Å². The van der Waals surface area contributed by atoms with Crippen LogP contribution in [0, 0.1) is 5.92 Å². The van der Waals surface area contributed by atoms with Crippen LogP contribution >= 0.6 is 0 Å². The standard InChI is InChI=1S/C15H20O2/c1-15(16,12-6-7-12)10-14-13-5-3-2-4-11(13)8-9-17-14/h2-5,12,14,16H,6-10H2,1H3. The van der Waals surface area contributed by atoms with E-state index in [-0.39, 0.29) is 6.10 Å². The fourth-order valence-electron chi connectivity index (χ4n) is 2.89. The van der Waals surface area contributed by atoms with Crippen molar-refractivity contribution in [2.45, 2.75) is 44.3 Å². The zero-order valence-corrected chi connectivity index (χ0v) is 10.4. The first-order valence-electron chi connectivity index (χ1n) is 6.58. The maximum atomic E-state index is 10.5. The molecule has 3 rings (SSSR count). The van der Waals surface area contributed by atoms with Gasteiger partial charge in [0.15, 0.2) is 0 Å². The predicted molar refractivity (Wildman–Crippen MR) is 66.8 cm³/mol. The average Bonchev–Trinajstić information content (AvgIpc) is 3.13. The SMILES string of the molecule is CC(O)(CC1OCCc2ccccc21)C1CC1. The zero-order chi connectivity index (χ0) is 11.9. The third kappa shape index (κ3) is 2.24. The Morgan fingerprint density at radius 3 is 2.88 bits per heavy atom. The maximum Gasteiger partial charge on any atom is 0.0855 e. The normalized spacial score (nSPS) is 27.3. The van der Waals surface area contributed by atoms with E-state index < -0.39 is 5.60 Å². The molecule has 1 aliphatic carbocycles. The third-order valence-corrected chi connectivity index (χ3v) is 4.15. The molecule has 1 aliphatic heterocycles. The van der Waals surface area contributed by atoms with E-state index in [2.05, 4.69) is 24.3 Å². The van der Waals surface area contributed by atoms with Gasteiger partial charge in [0.1, 0.15) is 0 Å². The topological polar surface area (TPSA) is 29.5 Å². The van der Waals surface area contributed by atoms with Crippen molar-refractivity contribution in [2.75, 3.05) is 6.61 Å². The number of hydrogen-bond donors (Lipinski definition) is 1. The van der Waals surface area contributed by atoms with Crippen LogP contribution < -0.4 is 0 Å². The Balaban J connectivity index is 1.80. The van der Waals surface area contributed by atoms with Crippen molar-refractivity contribution >= 4 is 0 Å². The molecular formula is C15H20O2. The highest BCUT2D eigenvalue weighted by molar-refractivity contribution is 5.31. The van der Waals surface area contributed by atoms with Gasteiger partial charge in [0, 0.05) is 6.42 Å². The second kappa shape index (κ2) is 4.11. The monoisotopic (exact) mass is 232 g/mol. The Morgan fingerprint density at radius 1 is 1.35 bits per heavy atom. The minimum atomic E-state index is -0.560. The Morgan fingerprint density at radius 2 is 2.12 bits per heavy atom. The van der Waals surface area contributed by atoms with Gasteiger partial charge in [0.05, 0.1) is 18.3 Å². The predicted octanol–water partition coefficient (Wildman–Crippen LogP) is 2.85. The van der Waals surface area contributed by atoms with Crippen LogP contribution in [0.2, 0.25) is 0 Å². The molecule has 1 aromatic rings. The lowest BCUT2D eigenvalue weighted by atomic mass is 9.87. The molecule has 2 atom stereocenters. The van der Waals surface area contributed by atoms with Crippen LogP contribution in [0.5, 0.6) is 0 Å². The van der Waals surface area contributed by atoms with Gasteiger partial charge in [-0.2, -0.15) is 0 Å². The largest absolute Gasteiger partial charge is 0.390 e. The highest BCUT2D eigenvalue weighted by atomic mass is 16.5. The molecule has 2 aliphatic rings. The van der Waals surface area contributed by atoms with E-state index >= 15 is 0 Å². The second-order valence-electron chi connectivity index (χ2n) is 5.64. The number of rotatable bonds is 3. The lowest BCUT2D eigenvalue weighted by Crippen LogP contribution is -2.32. The molecular weight excluding hydrogens is 212 g/mol. The summed E-state index contributed by atoms with van der Waals surface area (Å²) in [6.07, 6.45) is 4.14. The smallest absolute Gasteiger partial charge is 0.0855 e. The first kappa shape index (κ1) is 11.2. The fraction of sp³-hybridized carbons (Fsp3) is 0.600. The molecule has 1 N–H and O–H groups in total. The average molecular weight is 232 g/mol. The minimum absolute atomic E-state index is 0.0792. The van der Waals surface area contributed by atoms with Gasteiger partial charge in [-0.25, -0.2) is 0 Å². The molecule has 0 aromatic heterocycles. The van der Waals surface area contributed by atoms with Gasteiger partial charge in [-0.15, -0.1) is 0 Å². The summed E-state index contributed by atoms with van der Waals surface area (Å²) in [7, 11) is 0. The molecule has 0 spiro atoms. The van der Waals surface area contributed by atoms with Crippen LogP contribution in [0.25, 0.3) is 0 Å². The van der Waals surface area contributed by atoms with Crippen molar-refractivity contribution in [2.24, 2.45) is 5.92 Å². The van der Waals surface area contributed by atoms with Crippen molar-refractivity contribution in [1.29, 1.82) is 0 Å². The lowest BCUT2D eigenvalue weighted by molar-refractivity contribution is -0.0477. The summed E-state index contributed by atoms with van der Waals surface area (Å²) in [5, 5.41) is 10.5. The van der Waals surface area contributed by atoms with Crippen molar-refractivity contribution in [3.8, 4) is 0 Å². The van der Waals surface area contributed by atoms with Crippen LogP contribution in [-0.2, 0) is 11.2 Å². The summed E-state index contributed by atoms with van der Waals surface area (Å²) in [5.41, 5.74) is 2.10. The highest BCUT2D eigenvalue weighted by Crippen LogP contribution is 2.45. The van der Waals surface area contributed by atoms with Gasteiger partial charge in [0.2, 0.25) is 0 Å². The Bertz CT molecular complexity index is 407. The summed E-state index contributed by atoms with van der Waals surface area (Å²) in [6, 6.07) is 8.46. The summed E-state index contributed by atoms with van der Waals surface area (Å²) in [6.45, 7) is 2.74. The van der Waals surface area contributed by atoms with E-state index in [0.717, 1.165) is 19.4 Å². The van der Waals surface area contributed by atoms with Crippen LogP contribution in [0.4, 0.5) is 0 Å². The number of fused-ring (bicyclic) bond motifs is 1. The first-order valence-corrected chi connectivity index (χ1v) is 6.58. The number of benzene rings is 1. The summed E-state index contributed by atoms with van der Waals surface area (Å²) in [5.74, 6) is 0.486. The molecule has 2 nitrogen and oxygen atoms in total. The molecule has 1 heterocycles. The Kier molecular flexibility index (Phi) is 2.72. The molecule has 0 amide bonds. The van der Waals surface area contributed by atoms with E-state index in [1.165, 1.54) is 24.0 Å². The van der Waals surface area contributed by atoms with Gasteiger partial charge >= 0.3 is 0 Å². The summed E-state index contributed by atoms with van der Waals surface area (Å²) in [4.78, 5) is 0. The van der Waals surface area contributed by atoms with Gasteiger partial charge in [0.25, 0.3) is 0 Å². The summed E-state index contributed by atoms with van der Waals surface area (Å²) >= 11 is 0. The van der Waals surface area contributed by atoms with Crippen molar-refractivity contribution in [1.82, 2.24) is 0 Å². The van der Waals surface area contributed by atoms with Crippen LogP contribution in [-0.4, -0.2) is 17.3 Å². The highest BCUT2D eigenvalue weighted by Gasteiger charge is 2.42. The maximum absolute atomic E-state index is 10.5. The molecule has 17 heavy (non-hydrogen) atoms. The van der Waals surface area contributed by atoms with E-state index in [1.807, 2.05) is 6.92 Å². The Hall–Kier alpha value is -0.860. The molecule has 92 valence electrons. The molecule has 0 bridgehead atoms. The van der Waals surface area contributed by atoms with Crippen LogP contribution in [0.15, 0.2) is 24.3 Å². The Labute approximate surface area is 103 Å². The molecule has 0 saturated heterocycles. The molecule has 1 fully saturated rings. The molecule has 0 radical (unpaired) electrons. The lowest BCUT2D eigenvalue weighted by Gasteiger charge is -2.32. The second-order valence-corrected chi connectivity index (χ2v) is 5.64. The first-order chi connectivity index (χ1) is 8.17. The van der Waals surface area contributed by atoms with Crippen molar-refractivity contribution in [3.63, 3.8) is 0 Å². The number of hydrogen-bond acceptors (Lipinski definition) is 2. The quantitative estimate of drug-likeness (QED) is 0.868. The van der Waals surface area contributed by atoms with E-state index in [1.54, 1.807) is 0 Å². The minimum Gasteiger partial charge on any atom is -0.390 e. The summed E-state index contributed by atoms with van der Waals surface area (Å²) < 4.78 is 5.86. The number of ether oxygens (including phenoxy) is 1. The fourth-order valence-corrected chi connectivity index (χ4v) is 2.89. The van der Waals surface area contributed by atoms with Crippen molar-refractivity contribution < 1.29 is 9.84 Å². The zero-order valence-electron chi connectivity index (χ0n) is 10.4. The molecule has 1 aromatic carbocycles. The van der Waals surface area contributed by atoms with Crippen LogP contribution in [0.3, 0.4) is 0 Å². The van der Waals surface area contributed by atoms with E-state index in [4.69, 9.17) is 4.74 Å². The van der Waals surface area contributed by atoms with Crippen molar-refractivity contribution in [3.05, 3.63) is 35.4 Å². The molecule has 2 heteroatoms. The van der Waals surface area contributed by atoms with Crippen LogP contribution in [0.1, 0.15) is 43.4 Å². The van der Waals surface area contributed by atoms with Gasteiger partial charge in [-0.1, -0.05) is 24.3 Å². The van der Waals surface area contributed by atoms with E-state index in [0.29, 0.717) is 5.92 Å².